The molecule has 2 aromatic rings. The van der Waals surface area contributed by atoms with Gasteiger partial charge in [-0.25, -0.2) is 0 Å². The maximum atomic E-state index is 12.9. The molecule has 1 aromatic carbocycles. The summed E-state index contributed by atoms with van der Waals surface area (Å²) >= 11 is 0. The minimum absolute atomic E-state index is 0.0166. The number of nitrogens with zero attached hydrogens (tertiary/aromatic N) is 2. The molecule has 9 heteroatoms. The van der Waals surface area contributed by atoms with Crippen LogP contribution in [0, 0.1) is 0 Å². The van der Waals surface area contributed by atoms with Crippen molar-refractivity contribution < 1.29 is 31.1 Å². The van der Waals surface area contributed by atoms with E-state index in [1.54, 1.807) is 0 Å². The zero-order chi connectivity index (χ0) is 19.5. The summed E-state index contributed by atoms with van der Waals surface area (Å²) in [7, 11) is 0. The van der Waals surface area contributed by atoms with E-state index >= 15 is 0 Å². The van der Waals surface area contributed by atoms with Gasteiger partial charge in [-0.1, -0.05) is 6.92 Å². The monoisotopic (exact) mass is 378 g/mol. The molecule has 0 unspecified atom stereocenters. The van der Waals surface area contributed by atoms with Crippen molar-refractivity contribution in [3.8, 4) is 11.3 Å². The highest BCUT2D eigenvalue weighted by Gasteiger charge is 2.37. The predicted molar refractivity (Wildman–Crippen MR) is 82.2 cm³/mol. The fraction of sp³-hybridized carbons (Fsp3) is 0.412. The number of halogens is 6. The van der Waals surface area contributed by atoms with Crippen LogP contribution in [0.1, 0.15) is 37.3 Å². The van der Waals surface area contributed by atoms with Gasteiger partial charge in [0, 0.05) is 31.1 Å². The predicted octanol–water partition coefficient (Wildman–Crippen LogP) is 5.35. The Morgan fingerprint density at radius 3 is 2.08 bits per heavy atom. The first kappa shape index (κ1) is 20.0. The van der Waals surface area contributed by atoms with Gasteiger partial charge in [0.25, 0.3) is 0 Å². The molecule has 0 atom stereocenters. The Labute approximate surface area is 145 Å². The number of carbonyl (C=O) groups excluding carboxylic acids is 1. The Kier molecular flexibility index (Phi) is 5.77. The zero-order valence-corrected chi connectivity index (χ0v) is 13.8. The van der Waals surface area contributed by atoms with Crippen LogP contribution in [0.3, 0.4) is 0 Å². The summed E-state index contributed by atoms with van der Waals surface area (Å²) in [5.74, 6) is 0.0166. The third-order valence-electron chi connectivity index (χ3n) is 3.67. The standard InChI is InChI=1S/C17H16F6N2O/c1-2-3-14(26)4-6-25-7-5-15(24-25)11-8-12(16(18,19)20)10-13(9-11)17(21,22)23/h5,7-10H,2-4,6H2,1H3. The van der Waals surface area contributed by atoms with Gasteiger partial charge in [-0.2, -0.15) is 31.4 Å². The summed E-state index contributed by atoms with van der Waals surface area (Å²) in [4.78, 5) is 11.5. The second kappa shape index (κ2) is 7.51. The van der Waals surface area contributed by atoms with Crippen molar-refractivity contribution in [2.24, 2.45) is 0 Å². The molecule has 3 nitrogen and oxygen atoms in total. The summed E-state index contributed by atoms with van der Waals surface area (Å²) in [6.45, 7) is 2.07. The van der Waals surface area contributed by atoms with Gasteiger partial charge in [-0.05, 0) is 30.7 Å². The van der Waals surface area contributed by atoms with Crippen LogP contribution in [0.2, 0.25) is 0 Å². The average molecular weight is 378 g/mol. The zero-order valence-electron chi connectivity index (χ0n) is 13.8. The average Bonchev–Trinajstić information content (AvgIpc) is 3.00. The van der Waals surface area contributed by atoms with E-state index in [0.29, 0.717) is 25.0 Å². The molecule has 1 heterocycles. The van der Waals surface area contributed by atoms with E-state index in [-0.39, 0.29) is 36.1 Å². The summed E-state index contributed by atoms with van der Waals surface area (Å²) in [5, 5.41) is 3.99. The molecule has 0 radical (unpaired) electrons. The van der Waals surface area contributed by atoms with Crippen molar-refractivity contribution in [3.63, 3.8) is 0 Å². The number of hydrogen-bond acceptors (Lipinski definition) is 2. The second-order valence-electron chi connectivity index (χ2n) is 5.80. The number of carbonyl (C=O) groups is 1. The summed E-state index contributed by atoms with van der Waals surface area (Å²) < 4.78 is 78.8. The van der Waals surface area contributed by atoms with Crippen molar-refractivity contribution in [1.29, 1.82) is 0 Å². The highest BCUT2D eigenvalue weighted by molar-refractivity contribution is 5.78. The van der Waals surface area contributed by atoms with Crippen molar-refractivity contribution in [3.05, 3.63) is 41.6 Å². The van der Waals surface area contributed by atoms with E-state index in [4.69, 9.17) is 0 Å². The molecule has 0 spiro atoms. The van der Waals surface area contributed by atoms with Gasteiger partial charge in [-0.15, -0.1) is 0 Å². The molecule has 0 bridgehead atoms. The lowest BCUT2D eigenvalue weighted by atomic mass is 10.0. The lowest BCUT2D eigenvalue weighted by Crippen LogP contribution is -2.11. The van der Waals surface area contributed by atoms with Gasteiger partial charge in [0.2, 0.25) is 0 Å². The molecule has 0 N–H and O–H groups in total. The smallest absolute Gasteiger partial charge is 0.300 e. The van der Waals surface area contributed by atoms with Crippen LogP contribution in [0.15, 0.2) is 30.5 Å². The lowest BCUT2D eigenvalue weighted by Gasteiger charge is -2.13. The van der Waals surface area contributed by atoms with Crippen LogP contribution in [0.5, 0.6) is 0 Å². The number of hydrogen-bond donors (Lipinski definition) is 0. The molecule has 0 aliphatic rings. The lowest BCUT2D eigenvalue weighted by molar-refractivity contribution is -0.143. The Balaban J connectivity index is 2.32. The van der Waals surface area contributed by atoms with Crippen LogP contribution in [-0.4, -0.2) is 15.6 Å². The molecule has 0 amide bonds. The van der Waals surface area contributed by atoms with Crippen LogP contribution in [0.4, 0.5) is 26.3 Å². The third kappa shape index (κ3) is 5.09. The van der Waals surface area contributed by atoms with Gasteiger partial charge in [0.15, 0.2) is 0 Å². The summed E-state index contributed by atoms with van der Waals surface area (Å²) in [5.41, 5.74) is -3.10. The second-order valence-corrected chi connectivity index (χ2v) is 5.80. The van der Waals surface area contributed by atoms with Crippen LogP contribution >= 0.6 is 0 Å². The van der Waals surface area contributed by atoms with Gasteiger partial charge in [-0.3, -0.25) is 9.48 Å². The molecule has 1 aromatic heterocycles. The number of ketones is 1. The van der Waals surface area contributed by atoms with Gasteiger partial charge >= 0.3 is 12.4 Å². The van der Waals surface area contributed by atoms with E-state index < -0.39 is 23.5 Å². The first-order valence-corrected chi connectivity index (χ1v) is 7.85. The molecule has 0 aliphatic heterocycles. The van der Waals surface area contributed by atoms with Crippen molar-refractivity contribution in [2.45, 2.75) is 45.1 Å². The topological polar surface area (TPSA) is 34.9 Å². The molecule has 0 saturated heterocycles. The fourth-order valence-electron chi connectivity index (χ4n) is 2.39. The van der Waals surface area contributed by atoms with Crippen LogP contribution in [0.25, 0.3) is 11.3 Å². The van der Waals surface area contributed by atoms with E-state index in [0.717, 1.165) is 0 Å². The van der Waals surface area contributed by atoms with Crippen LogP contribution in [-0.2, 0) is 23.7 Å². The normalized spacial score (nSPS) is 12.4. The Hall–Kier alpha value is -2.32. The quantitative estimate of drug-likeness (QED) is 0.636. The molecule has 0 saturated carbocycles. The highest BCUT2D eigenvalue weighted by Crippen LogP contribution is 2.38. The first-order chi connectivity index (χ1) is 12.0. The van der Waals surface area contributed by atoms with Crippen molar-refractivity contribution in [1.82, 2.24) is 9.78 Å². The molecular weight excluding hydrogens is 362 g/mol. The number of aromatic nitrogens is 2. The number of rotatable bonds is 6. The number of alkyl halides is 6. The van der Waals surface area contributed by atoms with Crippen molar-refractivity contribution in [2.75, 3.05) is 0 Å². The van der Waals surface area contributed by atoms with Crippen LogP contribution < -0.4 is 0 Å². The third-order valence-corrected chi connectivity index (χ3v) is 3.67. The minimum Gasteiger partial charge on any atom is -0.300 e. The molecule has 0 aliphatic carbocycles. The maximum absolute atomic E-state index is 12.9. The maximum Gasteiger partial charge on any atom is 0.416 e. The summed E-state index contributed by atoms with van der Waals surface area (Å²) in [6, 6.07) is 2.65. The molecular formula is C17H16F6N2O. The summed E-state index contributed by atoms with van der Waals surface area (Å²) in [6.07, 6.45) is -7.09. The van der Waals surface area contributed by atoms with Gasteiger partial charge < -0.3 is 0 Å². The molecule has 0 fully saturated rings. The Morgan fingerprint density at radius 1 is 1.00 bits per heavy atom. The van der Waals surface area contributed by atoms with E-state index in [2.05, 4.69) is 5.10 Å². The Morgan fingerprint density at radius 2 is 1.58 bits per heavy atom. The van der Waals surface area contributed by atoms with Crippen molar-refractivity contribution >= 4 is 5.78 Å². The SMILES string of the molecule is CCCC(=O)CCn1ccc(-c2cc(C(F)(F)F)cc(C(F)(F)F)c2)n1. The van der Waals surface area contributed by atoms with E-state index in [1.807, 2.05) is 6.92 Å². The number of Topliss-reactive ketones (excluding diaryl/α,β-unsaturated/α-hetero) is 1. The largest absolute Gasteiger partial charge is 0.416 e. The number of benzene rings is 1. The number of aryl methyl sites for hydroxylation is 1. The molecule has 2 rings (SSSR count). The highest BCUT2D eigenvalue weighted by atomic mass is 19.4. The van der Waals surface area contributed by atoms with E-state index in [1.165, 1.54) is 16.9 Å². The molecule has 26 heavy (non-hydrogen) atoms. The fourth-order valence-corrected chi connectivity index (χ4v) is 2.39. The van der Waals surface area contributed by atoms with E-state index in [9.17, 15) is 31.1 Å². The molecule has 142 valence electrons. The Bertz CT molecular complexity index is 744. The minimum atomic E-state index is -4.91. The van der Waals surface area contributed by atoms with Gasteiger partial charge in [0.05, 0.1) is 16.8 Å². The van der Waals surface area contributed by atoms with Gasteiger partial charge in [0.1, 0.15) is 5.78 Å². The first-order valence-electron chi connectivity index (χ1n) is 7.85.